The zero-order valence-electron chi connectivity index (χ0n) is 6.95. The summed E-state index contributed by atoms with van der Waals surface area (Å²) in [6, 6.07) is 1.06. The lowest BCUT2D eigenvalue weighted by Gasteiger charge is -2.35. The van der Waals surface area contributed by atoms with E-state index in [-0.39, 0.29) is 6.61 Å². The van der Waals surface area contributed by atoms with E-state index in [1.165, 1.54) is 0 Å². The summed E-state index contributed by atoms with van der Waals surface area (Å²) in [5.74, 6) is 0. The molecule has 11 heavy (non-hydrogen) atoms. The molecular formula is C7H17N2OP. The summed E-state index contributed by atoms with van der Waals surface area (Å²) < 4.78 is 2.25. The molecule has 1 fully saturated rings. The van der Waals surface area contributed by atoms with Crippen LogP contribution in [0.25, 0.3) is 0 Å². The van der Waals surface area contributed by atoms with Gasteiger partial charge >= 0.3 is 0 Å². The molecule has 3 unspecified atom stereocenters. The lowest BCUT2D eigenvalue weighted by molar-refractivity contribution is 0.206. The Hall–Kier alpha value is 0.310. The van der Waals surface area contributed by atoms with Crippen LogP contribution in [-0.2, 0) is 0 Å². The van der Waals surface area contributed by atoms with E-state index in [9.17, 15) is 0 Å². The summed E-state index contributed by atoms with van der Waals surface area (Å²) in [7, 11) is 2.73. The number of rotatable bonds is 2. The van der Waals surface area contributed by atoms with Gasteiger partial charge in [-0.05, 0) is 13.3 Å². The number of nitrogens with zero attached hydrogens (tertiary/aromatic N) is 1. The molecular weight excluding hydrogens is 159 g/mol. The molecule has 1 rings (SSSR count). The molecule has 2 N–H and O–H groups in total. The van der Waals surface area contributed by atoms with Gasteiger partial charge in [-0.25, -0.2) is 0 Å². The van der Waals surface area contributed by atoms with E-state index in [0.29, 0.717) is 12.1 Å². The van der Waals surface area contributed by atoms with Crippen molar-refractivity contribution in [3.05, 3.63) is 0 Å². The van der Waals surface area contributed by atoms with Crippen molar-refractivity contribution < 1.29 is 5.11 Å². The molecule has 4 heteroatoms. The summed E-state index contributed by atoms with van der Waals surface area (Å²) in [4.78, 5) is 0. The number of aliphatic hydroxyl groups excluding tert-OH is 1. The Morgan fingerprint density at radius 1 is 1.73 bits per heavy atom. The minimum atomic E-state index is 0.282. The molecule has 66 valence electrons. The Kier molecular flexibility index (Phi) is 3.73. The highest BCUT2D eigenvalue weighted by atomic mass is 31.0. The van der Waals surface area contributed by atoms with Gasteiger partial charge in [0.15, 0.2) is 0 Å². The Balaban J connectivity index is 2.28. The summed E-state index contributed by atoms with van der Waals surface area (Å²) in [5, 5.41) is 12.1. The first-order valence-electron chi connectivity index (χ1n) is 4.09. The van der Waals surface area contributed by atoms with Crippen LogP contribution in [0, 0.1) is 0 Å². The van der Waals surface area contributed by atoms with Gasteiger partial charge in [0, 0.05) is 31.8 Å². The van der Waals surface area contributed by atoms with Gasteiger partial charge in [0.05, 0.1) is 0 Å². The van der Waals surface area contributed by atoms with E-state index in [4.69, 9.17) is 5.11 Å². The minimum Gasteiger partial charge on any atom is -0.396 e. The largest absolute Gasteiger partial charge is 0.396 e. The van der Waals surface area contributed by atoms with Crippen LogP contribution in [0.1, 0.15) is 13.3 Å². The van der Waals surface area contributed by atoms with Crippen molar-refractivity contribution in [1.82, 2.24) is 9.99 Å². The van der Waals surface area contributed by atoms with Crippen LogP contribution >= 0.6 is 9.39 Å². The average molecular weight is 176 g/mol. The zero-order chi connectivity index (χ0) is 8.27. The quantitative estimate of drug-likeness (QED) is 0.573. The molecule has 1 saturated heterocycles. The third-order valence-corrected chi connectivity index (χ3v) is 2.90. The highest BCUT2D eigenvalue weighted by Crippen LogP contribution is 2.12. The molecule has 0 saturated carbocycles. The van der Waals surface area contributed by atoms with Gasteiger partial charge in [-0.1, -0.05) is 9.39 Å². The van der Waals surface area contributed by atoms with Crippen molar-refractivity contribution >= 4 is 9.39 Å². The van der Waals surface area contributed by atoms with Crippen LogP contribution in [0.5, 0.6) is 0 Å². The molecule has 0 aromatic rings. The van der Waals surface area contributed by atoms with Crippen molar-refractivity contribution in [1.29, 1.82) is 0 Å². The van der Waals surface area contributed by atoms with Gasteiger partial charge in [0.2, 0.25) is 0 Å². The molecule has 0 aromatic carbocycles. The summed E-state index contributed by atoms with van der Waals surface area (Å²) in [5.41, 5.74) is 0. The fourth-order valence-corrected chi connectivity index (χ4v) is 1.66. The summed E-state index contributed by atoms with van der Waals surface area (Å²) in [6.07, 6.45) is 0.859. The number of hydrogen-bond acceptors (Lipinski definition) is 3. The van der Waals surface area contributed by atoms with Crippen LogP contribution < -0.4 is 5.32 Å². The highest BCUT2D eigenvalue weighted by Gasteiger charge is 2.20. The molecule has 0 aliphatic carbocycles. The minimum absolute atomic E-state index is 0.282. The van der Waals surface area contributed by atoms with Crippen LogP contribution in [-0.4, -0.2) is 41.6 Å². The normalized spacial score (nSPS) is 34.1. The average Bonchev–Trinajstić information content (AvgIpc) is 1.98. The number of nitrogens with one attached hydrogen (secondary N) is 1. The first-order chi connectivity index (χ1) is 5.24. The molecule has 1 aliphatic rings. The second kappa shape index (κ2) is 4.36. The van der Waals surface area contributed by atoms with E-state index >= 15 is 0 Å². The van der Waals surface area contributed by atoms with E-state index in [0.717, 1.165) is 19.5 Å². The van der Waals surface area contributed by atoms with Crippen molar-refractivity contribution in [2.45, 2.75) is 25.4 Å². The van der Waals surface area contributed by atoms with Gasteiger partial charge in [-0.2, -0.15) is 0 Å². The Morgan fingerprint density at radius 2 is 2.45 bits per heavy atom. The van der Waals surface area contributed by atoms with Gasteiger partial charge in [-0.15, -0.1) is 0 Å². The number of aliphatic hydroxyl groups is 1. The van der Waals surface area contributed by atoms with Crippen molar-refractivity contribution in [2.75, 3.05) is 19.7 Å². The molecule has 3 nitrogen and oxygen atoms in total. The van der Waals surface area contributed by atoms with Crippen LogP contribution in [0.15, 0.2) is 0 Å². The molecule has 0 bridgehead atoms. The Labute approximate surface area is 70.4 Å². The molecule has 0 spiro atoms. The fraction of sp³-hybridized carbons (Fsp3) is 1.00. The lowest BCUT2D eigenvalue weighted by Crippen LogP contribution is -2.51. The van der Waals surface area contributed by atoms with E-state index in [1.54, 1.807) is 0 Å². The predicted molar refractivity (Wildman–Crippen MR) is 49.4 cm³/mol. The summed E-state index contributed by atoms with van der Waals surface area (Å²) >= 11 is 0. The Morgan fingerprint density at radius 3 is 3.00 bits per heavy atom. The fourth-order valence-electron chi connectivity index (χ4n) is 1.30. The van der Waals surface area contributed by atoms with Gasteiger partial charge in [0.1, 0.15) is 0 Å². The van der Waals surface area contributed by atoms with E-state index in [2.05, 4.69) is 26.3 Å². The van der Waals surface area contributed by atoms with Crippen LogP contribution in [0.2, 0.25) is 0 Å². The van der Waals surface area contributed by atoms with Crippen molar-refractivity contribution in [2.24, 2.45) is 0 Å². The van der Waals surface area contributed by atoms with Crippen molar-refractivity contribution in [3.63, 3.8) is 0 Å². The maximum Gasteiger partial charge on any atom is 0.0446 e. The van der Waals surface area contributed by atoms with Crippen LogP contribution in [0.4, 0.5) is 0 Å². The maximum atomic E-state index is 8.71. The van der Waals surface area contributed by atoms with Gasteiger partial charge < -0.3 is 10.4 Å². The molecule has 0 radical (unpaired) electrons. The topological polar surface area (TPSA) is 35.5 Å². The highest BCUT2D eigenvalue weighted by molar-refractivity contribution is 7.13. The molecule has 3 atom stereocenters. The standard InChI is InChI=1S/C7H17N2OP/c1-6-4-8-7(2-3-10)5-9(6)11/h6-8,10H,2-5,11H2,1H3. The van der Waals surface area contributed by atoms with E-state index in [1.807, 2.05) is 0 Å². The van der Waals surface area contributed by atoms with Crippen LogP contribution in [0.3, 0.4) is 0 Å². The first kappa shape index (κ1) is 9.40. The third kappa shape index (κ3) is 2.68. The smallest absolute Gasteiger partial charge is 0.0446 e. The lowest BCUT2D eigenvalue weighted by atomic mass is 10.1. The molecule has 0 amide bonds. The van der Waals surface area contributed by atoms with Gasteiger partial charge in [-0.3, -0.25) is 4.67 Å². The van der Waals surface area contributed by atoms with Crippen molar-refractivity contribution in [3.8, 4) is 0 Å². The first-order valence-corrected chi connectivity index (χ1v) is 4.61. The second-order valence-corrected chi connectivity index (χ2v) is 3.83. The summed E-state index contributed by atoms with van der Waals surface area (Å²) in [6.45, 7) is 4.51. The number of piperazine rings is 1. The zero-order valence-corrected chi connectivity index (χ0v) is 8.11. The number of hydrogen-bond donors (Lipinski definition) is 2. The molecule has 1 heterocycles. The van der Waals surface area contributed by atoms with E-state index < -0.39 is 0 Å². The molecule has 0 aromatic heterocycles. The third-order valence-electron chi connectivity index (χ3n) is 2.18. The SMILES string of the molecule is CC1CNC(CCO)CN1P. The second-order valence-electron chi connectivity index (χ2n) is 3.16. The van der Waals surface area contributed by atoms with Gasteiger partial charge in [0.25, 0.3) is 0 Å². The Bertz CT molecular complexity index is 123. The maximum absolute atomic E-state index is 8.71. The predicted octanol–water partition coefficient (Wildman–Crippen LogP) is -0.179. The molecule has 1 aliphatic heterocycles. The monoisotopic (exact) mass is 176 g/mol.